The highest BCUT2D eigenvalue weighted by Gasteiger charge is 2.42. The molecule has 1 aromatic rings. The van der Waals surface area contributed by atoms with Gasteiger partial charge in [0.05, 0.1) is 5.41 Å². The minimum Gasteiger partial charge on any atom is -0.481 e. The van der Waals surface area contributed by atoms with E-state index in [2.05, 4.69) is 39.0 Å². The van der Waals surface area contributed by atoms with Gasteiger partial charge < -0.3 is 5.11 Å². The number of hydrogen-bond donors (Lipinski definition) is 1. The van der Waals surface area contributed by atoms with Gasteiger partial charge in [-0.3, -0.25) is 9.69 Å². The number of fused-ring (bicyclic) bond motifs is 1. The fourth-order valence-corrected chi connectivity index (χ4v) is 3.91. The number of rotatable bonds is 2. The molecule has 0 amide bonds. The number of hydrogen-bond acceptors (Lipinski definition) is 2. The summed E-state index contributed by atoms with van der Waals surface area (Å²) in [5.41, 5.74) is 2.31. The van der Waals surface area contributed by atoms with Crippen LogP contribution in [0.15, 0.2) is 22.7 Å². The number of aliphatic carboxylic acids is 1. The summed E-state index contributed by atoms with van der Waals surface area (Å²) in [6.45, 7) is 3.49. The highest BCUT2D eigenvalue weighted by Crippen LogP contribution is 2.35. The Morgan fingerprint density at radius 3 is 2.95 bits per heavy atom. The molecule has 1 fully saturated rings. The van der Waals surface area contributed by atoms with Gasteiger partial charge in [0.1, 0.15) is 0 Å². The molecule has 2 unspecified atom stereocenters. The predicted molar refractivity (Wildman–Crippen MR) is 81.9 cm³/mol. The number of carboxylic acids is 1. The van der Waals surface area contributed by atoms with Crippen LogP contribution < -0.4 is 0 Å². The molecule has 1 aliphatic carbocycles. The molecule has 1 aliphatic heterocycles. The van der Waals surface area contributed by atoms with Gasteiger partial charge in [-0.1, -0.05) is 22.0 Å². The monoisotopic (exact) mass is 337 g/mol. The van der Waals surface area contributed by atoms with Crippen LogP contribution in [0.5, 0.6) is 0 Å². The van der Waals surface area contributed by atoms with Crippen molar-refractivity contribution in [2.75, 3.05) is 13.1 Å². The molecular formula is C16H20BrNO2. The molecule has 2 atom stereocenters. The summed E-state index contributed by atoms with van der Waals surface area (Å²) >= 11 is 3.53. The number of carbonyl (C=O) groups is 1. The van der Waals surface area contributed by atoms with Gasteiger partial charge in [0.15, 0.2) is 0 Å². The Labute approximate surface area is 128 Å². The van der Waals surface area contributed by atoms with E-state index in [4.69, 9.17) is 0 Å². The Hall–Kier alpha value is -0.870. The highest BCUT2D eigenvalue weighted by atomic mass is 79.9. The van der Waals surface area contributed by atoms with Gasteiger partial charge in [0, 0.05) is 17.1 Å². The molecule has 20 heavy (non-hydrogen) atoms. The summed E-state index contributed by atoms with van der Waals surface area (Å²) < 4.78 is 1.15. The van der Waals surface area contributed by atoms with Crippen LogP contribution >= 0.6 is 15.9 Å². The smallest absolute Gasteiger partial charge is 0.310 e. The van der Waals surface area contributed by atoms with Crippen molar-refractivity contribution in [3.63, 3.8) is 0 Å². The quantitative estimate of drug-likeness (QED) is 0.901. The van der Waals surface area contributed by atoms with E-state index in [1.54, 1.807) is 0 Å². The maximum atomic E-state index is 11.4. The Kier molecular flexibility index (Phi) is 3.63. The first-order valence-electron chi connectivity index (χ1n) is 7.23. The van der Waals surface area contributed by atoms with Crippen LogP contribution in [0.25, 0.3) is 0 Å². The first kappa shape index (κ1) is 14.1. The molecule has 1 aromatic carbocycles. The van der Waals surface area contributed by atoms with Crippen molar-refractivity contribution < 1.29 is 9.90 Å². The molecular weight excluding hydrogens is 318 g/mol. The number of likely N-dealkylation sites (tertiary alicyclic amines) is 1. The van der Waals surface area contributed by atoms with Gasteiger partial charge in [-0.25, -0.2) is 0 Å². The van der Waals surface area contributed by atoms with Crippen molar-refractivity contribution in [3.8, 4) is 0 Å². The van der Waals surface area contributed by atoms with E-state index < -0.39 is 11.4 Å². The molecule has 0 bridgehead atoms. The second kappa shape index (κ2) is 5.15. The van der Waals surface area contributed by atoms with Crippen LogP contribution in [0.3, 0.4) is 0 Å². The molecule has 3 rings (SSSR count). The predicted octanol–water partition coefficient (Wildman–Crippen LogP) is 3.10. The normalized spacial score (nSPS) is 30.2. The molecule has 0 spiro atoms. The largest absolute Gasteiger partial charge is 0.481 e. The van der Waals surface area contributed by atoms with Gasteiger partial charge in [0.2, 0.25) is 0 Å². The van der Waals surface area contributed by atoms with E-state index >= 15 is 0 Å². The summed E-state index contributed by atoms with van der Waals surface area (Å²) in [6, 6.07) is 7.03. The van der Waals surface area contributed by atoms with Crippen molar-refractivity contribution in [2.24, 2.45) is 5.41 Å². The molecule has 0 radical (unpaired) electrons. The minimum atomic E-state index is -0.653. The van der Waals surface area contributed by atoms with Crippen molar-refractivity contribution in [3.05, 3.63) is 33.8 Å². The zero-order valence-corrected chi connectivity index (χ0v) is 13.3. The highest BCUT2D eigenvalue weighted by molar-refractivity contribution is 9.10. The minimum absolute atomic E-state index is 0.504. The fourth-order valence-electron chi connectivity index (χ4n) is 3.50. The summed E-state index contributed by atoms with van der Waals surface area (Å²) in [5, 5.41) is 9.35. The number of benzene rings is 1. The zero-order chi connectivity index (χ0) is 14.3. The average molecular weight is 338 g/mol. The molecule has 3 nitrogen and oxygen atoms in total. The second-order valence-electron chi connectivity index (χ2n) is 6.40. The van der Waals surface area contributed by atoms with Crippen molar-refractivity contribution >= 4 is 21.9 Å². The van der Waals surface area contributed by atoms with E-state index in [0.717, 1.165) is 36.7 Å². The van der Waals surface area contributed by atoms with Crippen molar-refractivity contribution in [1.82, 2.24) is 4.90 Å². The lowest BCUT2D eigenvalue weighted by Crippen LogP contribution is -2.40. The molecule has 0 saturated carbocycles. The lowest BCUT2D eigenvalue weighted by Gasteiger charge is -2.33. The SMILES string of the molecule is CC1(C(=O)O)CCN(C2CCc3cc(Br)ccc3C2)C1. The van der Waals surface area contributed by atoms with Crippen molar-refractivity contribution in [2.45, 2.75) is 38.6 Å². The Balaban J connectivity index is 1.72. The second-order valence-corrected chi connectivity index (χ2v) is 7.31. The van der Waals surface area contributed by atoms with Crippen LogP contribution in [0, 0.1) is 5.41 Å². The van der Waals surface area contributed by atoms with Gasteiger partial charge in [-0.05, 0) is 62.4 Å². The molecule has 0 aromatic heterocycles. The van der Waals surface area contributed by atoms with Gasteiger partial charge in [-0.15, -0.1) is 0 Å². The maximum absolute atomic E-state index is 11.4. The molecule has 4 heteroatoms. The van der Waals surface area contributed by atoms with Gasteiger partial charge in [0.25, 0.3) is 0 Å². The number of halogens is 1. The first-order valence-corrected chi connectivity index (χ1v) is 8.02. The zero-order valence-electron chi connectivity index (χ0n) is 11.7. The van der Waals surface area contributed by atoms with Crippen LogP contribution in [0.1, 0.15) is 30.9 Å². The Morgan fingerprint density at radius 1 is 1.45 bits per heavy atom. The summed E-state index contributed by atoms with van der Waals surface area (Å²) in [5.74, 6) is -0.653. The van der Waals surface area contributed by atoms with Crippen LogP contribution in [0.2, 0.25) is 0 Å². The van der Waals surface area contributed by atoms with E-state index in [0.29, 0.717) is 12.6 Å². The number of nitrogens with zero attached hydrogens (tertiary/aromatic N) is 1. The third-order valence-corrected chi connectivity index (χ3v) is 5.40. The Morgan fingerprint density at radius 2 is 2.25 bits per heavy atom. The van der Waals surface area contributed by atoms with E-state index in [1.807, 2.05) is 6.92 Å². The Bertz CT molecular complexity index is 545. The average Bonchev–Trinajstić information content (AvgIpc) is 2.82. The molecule has 1 heterocycles. The molecule has 1 saturated heterocycles. The van der Waals surface area contributed by atoms with Gasteiger partial charge in [-0.2, -0.15) is 0 Å². The molecule has 1 N–H and O–H groups in total. The number of aryl methyl sites for hydroxylation is 1. The summed E-state index contributed by atoms with van der Waals surface area (Å²) in [6.07, 6.45) is 4.06. The van der Waals surface area contributed by atoms with E-state index in [9.17, 15) is 9.90 Å². The summed E-state index contributed by atoms with van der Waals surface area (Å²) in [4.78, 5) is 13.7. The summed E-state index contributed by atoms with van der Waals surface area (Å²) in [7, 11) is 0. The van der Waals surface area contributed by atoms with Crippen LogP contribution in [-0.4, -0.2) is 35.1 Å². The third kappa shape index (κ3) is 2.51. The fraction of sp³-hybridized carbons (Fsp3) is 0.562. The topological polar surface area (TPSA) is 40.5 Å². The molecule has 108 valence electrons. The maximum Gasteiger partial charge on any atom is 0.310 e. The van der Waals surface area contributed by atoms with Crippen molar-refractivity contribution in [1.29, 1.82) is 0 Å². The van der Waals surface area contributed by atoms with E-state index in [1.165, 1.54) is 11.1 Å². The van der Waals surface area contributed by atoms with Crippen LogP contribution in [-0.2, 0) is 17.6 Å². The molecule has 2 aliphatic rings. The van der Waals surface area contributed by atoms with Gasteiger partial charge >= 0.3 is 5.97 Å². The lowest BCUT2D eigenvalue weighted by molar-refractivity contribution is -0.147. The lowest BCUT2D eigenvalue weighted by atomic mass is 9.87. The van der Waals surface area contributed by atoms with E-state index in [-0.39, 0.29) is 0 Å². The number of carboxylic acid groups (broad SMARTS) is 1. The standard InChI is InChI=1S/C16H20BrNO2/c1-16(15(19)20)6-7-18(10-16)14-5-3-11-8-13(17)4-2-12(11)9-14/h2,4,8,14H,3,5-7,9-10H2,1H3,(H,19,20). The third-order valence-electron chi connectivity index (χ3n) is 4.91. The first-order chi connectivity index (χ1) is 9.48. The van der Waals surface area contributed by atoms with Crippen LogP contribution in [0.4, 0.5) is 0 Å².